The largest absolute Gasteiger partial charge is 0.494 e. The fraction of sp³-hybridized carbons (Fsp3) is 0.667. The highest BCUT2D eigenvalue weighted by molar-refractivity contribution is 5.28. The van der Waals surface area contributed by atoms with Gasteiger partial charge in [0.25, 0.3) is 0 Å². The van der Waals surface area contributed by atoms with Gasteiger partial charge in [0.15, 0.2) is 0 Å². The number of hydrogen-bond donors (Lipinski definition) is 1. The van der Waals surface area contributed by atoms with E-state index in [0.717, 1.165) is 30.9 Å². The van der Waals surface area contributed by atoms with Crippen LogP contribution < -0.4 is 10.5 Å². The Morgan fingerprint density at radius 2 is 1.95 bits per heavy atom. The average molecular weight is 292 g/mol. The van der Waals surface area contributed by atoms with Crippen LogP contribution in [0.2, 0.25) is 0 Å². The molecule has 1 rings (SSSR count). The summed E-state index contributed by atoms with van der Waals surface area (Å²) in [5.41, 5.74) is 6.77. The molecule has 0 heterocycles. The van der Waals surface area contributed by atoms with Gasteiger partial charge in [-0.15, -0.1) is 0 Å². The number of rotatable bonds is 11. The predicted octanol–water partition coefficient (Wildman–Crippen LogP) is 3.81. The predicted molar refractivity (Wildman–Crippen MR) is 90.7 cm³/mol. The van der Waals surface area contributed by atoms with Crippen LogP contribution in [0.3, 0.4) is 0 Å². The molecule has 0 aliphatic heterocycles. The molecule has 0 radical (unpaired) electrons. The van der Waals surface area contributed by atoms with Gasteiger partial charge in [-0.3, -0.25) is 0 Å². The zero-order valence-corrected chi connectivity index (χ0v) is 14.0. The molecule has 1 unspecified atom stereocenters. The number of ether oxygens (including phenoxy) is 1. The van der Waals surface area contributed by atoms with Crippen LogP contribution in [0.25, 0.3) is 0 Å². The summed E-state index contributed by atoms with van der Waals surface area (Å²) in [5.74, 6) is 0.932. The van der Waals surface area contributed by atoms with Gasteiger partial charge in [0.1, 0.15) is 5.75 Å². The first-order valence-electron chi connectivity index (χ1n) is 8.37. The molecule has 2 N–H and O–H groups in total. The van der Waals surface area contributed by atoms with Crippen LogP contribution in [-0.2, 0) is 6.54 Å². The molecule has 1 aromatic rings. The minimum absolute atomic E-state index is 0.565. The van der Waals surface area contributed by atoms with Gasteiger partial charge >= 0.3 is 0 Å². The molecule has 0 bridgehead atoms. The number of nitrogens with two attached hydrogens (primary N) is 1. The van der Waals surface area contributed by atoms with Crippen LogP contribution in [0.1, 0.15) is 52.0 Å². The van der Waals surface area contributed by atoms with E-state index in [1.165, 1.54) is 25.8 Å². The van der Waals surface area contributed by atoms with Gasteiger partial charge < -0.3 is 15.4 Å². The lowest BCUT2D eigenvalue weighted by atomic mass is 10.2. The lowest BCUT2D eigenvalue weighted by Gasteiger charge is -2.28. The third kappa shape index (κ3) is 6.96. The minimum Gasteiger partial charge on any atom is -0.494 e. The Labute approximate surface area is 130 Å². The van der Waals surface area contributed by atoms with Crippen molar-refractivity contribution in [1.29, 1.82) is 0 Å². The monoisotopic (exact) mass is 292 g/mol. The molecular weight excluding hydrogens is 260 g/mol. The highest BCUT2D eigenvalue weighted by atomic mass is 16.5. The van der Waals surface area contributed by atoms with Crippen LogP contribution in [0.15, 0.2) is 24.3 Å². The van der Waals surface area contributed by atoms with E-state index in [1.807, 2.05) is 24.3 Å². The second-order valence-electron chi connectivity index (χ2n) is 5.70. The molecule has 120 valence electrons. The third-order valence-corrected chi connectivity index (χ3v) is 4.01. The van der Waals surface area contributed by atoms with Crippen molar-refractivity contribution in [3.63, 3.8) is 0 Å². The summed E-state index contributed by atoms with van der Waals surface area (Å²) in [6.07, 6.45) is 4.82. The van der Waals surface area contributed by atoms with Crippen molar-refractivity contribution in [2.45, 2.75) is 59.0 Å². The molecular formula is C18H32N2O. The highest BCUT2D eigenvalue weighted by Crippen LogP contribution is 2.13. The van der Waals surface area contributed by atoms with Crippen LogP contribution in [-0.4, -0.2) is 30.6 Å². The molecule has 0 aromatic heterocycles. The average Bonchev–Trinajstić information content (AvgIpc) is 2.53. The minimum atomic E-state index is 0.565. The van der Waals surface area contributed by atoms with Gasteiger partial charge in [-0.25, -0.2) is 0 Å². The normalized spacial score (nSPS) is 12.6. The van der Waals surface area contributed by atoms with Gasteiger partial charge in [0.05, 0.1) is 6.61 Å². The van der Waals surface area contributed by atoms with E-state index in [9.17, 15) is 0 Å². The van der Waals surface area contributed by atoms with E-state index in [1.54, 1.807) is 0 Å². The third-order valence-electron chi connectivity index (χ3n) is 4.01. The first kappa shape index (κ1) is 18.0. The zero-order chi connectivity index (χ0) is 15.5. The first-order chi connectivity index (χ1) is 10.2. The molecule has 0 saturated carbocycles. The standard InChI is InChI=1S/C18H32N2O/c1-4-6-11-20(16(3)5-2)12-8-13-21-18-10-7-9-17(14-18)15-19/h7,9-10,14,16H,4-6,8,11-13,15,19H2,1-3H3. The van der Waals surface area contributed by atoms with Gasteiger partial charge in [-0.05, 0) is 50.4 Å². The molecule has 0 amide bonds. The van der Waals surface area contributed by atoms with Gasteiger partial charge in [-0.1, -0.05) is 32.4 Å². The fourth-order valence-corrected chi connectivity index (χ4v) is 2.39. The summed E-state index contributed by atoms with van der Waals surface area (Å²) >= 11 is 0. The summed E-state index contributed by atoms with van der Waals surface area (Å²) in [5, 5.41) is 0. The van der Waals surface area contributed by atoms with Crippen molar-refractivity contribution >= 4 is 0 Å². The number of nitrogens with zero attached hydrogens (tertiary/aromatic N) is 1. The van der Waals surface area contributed by atoms with Crippen LogP contribution in [0.4, 0.5) is 0 Å². The van der Waals surface area contributed by atoms with Crippen molar-refractivity contribution in [2.24, 2.45) is 5.73 Å². The van der Waals surface area contributed by atoms with Gasteiger partial charge in [0.2, 0.25) is 0 Å². The molecule has 0 fully saturated rings. The summed E-state index contributed by atoms with van der Waals surface area (Å²) in [4.78, 5) is 2.59. The molecule has 1 atom stereocenters. The molecule has 0 aliphatic rings. The molecule has 0 aliphatic carbocycles. The van der Waals surface area contributed by atoms with Crippen molar-refractivity contribution in [3.05, 3.63) is 29.8 Å². The van der Waals surface area contributed by atoms with Gasteiger partial charge in [-0.2, -0.15) is 0 Å². The van der Waals surface area contributed by atoms with E-state index in [0.29, 0.717) is 12.6 Å². The van der Waals surface area contributed by atoms with E-state index >= 15 is 0 Å². The Balaban J connectivity index is 2.32. The maximum atomic E-state index is 5.83. The zero-order valence-electron chi connectivity index (χ0n) is 14.0. The molecule has 3 heteroatoms. The SMILES string of the molecule is CCCCN(CCCOc1cccc(CN)c1)C(C)CC. The lowest BCUT2D eigenvalue weighted by molar-refractivity contribution is 0.182. The Morgan fingerprint density at radius 1 is 1.19 bits per heavy atom. The smallest absolute Gasteiger partial charge is 0.119 e. The molecule has 0 spiro atoms. The number of benzene rings is 1. The topological polar surface area (TPSA) is 38.5 Å². The van der Waals surface area contributed by atoms with Crippen molar-refractivity contribution < 1.29 is 4.74 Å². The molecule has 1 aromatic carbocycles. The Hall–Kier alpha value is -1.06. The van der Waals surface area contributed by atoms with Crippen LogP contribution >= 0.6 is 0 Å². The maximum absolute atomic E-state index is 5.83. The van der Waals surface area contributed by atoms with Crippen LogP contribution in [0.5, 0.6) is 5.75 Å². The van der Waals surface area contributed by atoms with Gasteiger partial charge in [0, 0.05) is 19.1 Å². The Bertz CT molecular complexity index is 381. The summed E-state index contributed by atoms with van der Waals surface area (Å²) < 4.78 is 5.83. The van der Waals surface area contributed by atoms with Crippen molar-refractivity contribution in [2.75, 3.05) is 19.7 Å². The van der Waals surface area contributed by atoms with Crippen molar-refractivity contribution in [1.82, 2.24) is 4.90 Å². The Kier molecular flexibility index (Phi) is 9.11. The van der Waals surface area contributed by atoms with E-state index in [4.69, 9.17) is 10.5 Å². The van der Waals surface area contributed by atoms with Crippen molar-refractivity contribution in [3.8, 4) is 5.75 Å². The van der Waals surface area contributed by atoms with E-state index < -0.39 is 0 Å². The van der Waals surface area contributed by atoms with E-state index in [-0.39, 0.29) is 0 Å². The highest BCUT2D eigenvalue weighted by Gasteiger charge is 2.10. The quantitative estimate of drug-likeness (QED) is 0.630. The summed E-state index contributed by atoms with van der Waals surface area (Å²) in [6, 6.07) is 8.73. The fourth-order valence-electron chi connectivity index (χ4n) is 2.39. The lowest BCUT2D eigenvalue weighted by Crippen LogP contribution is -2.35. The number of unbranched alkanes of at least 4 members (excludes halogenated alkanes) is 1. The molecule has 0 saturated heterocycles. The second kappa shape index (κ2) is 10.6. The maximum Gasteiger partial charge on any atom is 0.119 e. The number of hydrogen-bond acceptors (Lipinski definition) is 3. The summed E-state index contributed by atoms with van der Waals surface area (Å²) in [7, 11) is 0. The Morgan fingerprint density at radius 3 is 2.62 bits per heavy atom. The summed E-state index contributed by atoms with van der Waals surface area (Å²) in [6.45, 7) is 10.5. The van der Waals surface area contributed by atoms with Crippen LogP contribution in [0, 0.1) is 0 Å². The van der Waals surface area contributed by atoms with E-state index in [2.05, 4.69) is 25.7 Å². The molecule has 3 nitrogen and oxygen atoms in total. The first-order valence-corrected chi connectivity index (χ1v) is 8.37. The molecule has 21 heavy (non-hydrogen) atoms. The second-order valence-corrected chi connectivity index (χ2v) is 5.70.